The minimum atomic E-state index is -1.05. The number of halogens is 1. The van der Waals surface area contributed by atoms with Gasteiger partial charge < -0.3 is 5.11 Å². The molecule has 1 aromatic rings. The number of carboxylic acids is 1. The van der Waals surface area contributed by atoms with Gasteiger partial charge in [0.15, 0.2) is 5.78 Å². The fourth-order valence-electron chi connectivity index (χ4n) is 1.32. The first-order valence-corrected chi connectivity index (χ1v) is 5.67. The van der Waals surface area contributed by atoms with Crippen LogP contribution in [0.4, 0.5) is 0 Å². The van der Waals surface area contributed by atoms with E-state index in [1.54, 1.807) is 25.1 Å². The highest BCUT2D eigenvalue weighted by Crippen LogP contribution is 2.18. The van der Waals surface area contributed by atoms with Gasteiger partial charge in [-0.15, -0.1) is 0 Å². The van der Waals surface area contributed by atoms with E-state index in [0.717, 1.165) is 3.57 Å². The lowest BCUT2D eigenvalue weighted by Gasteiger charge is -2.09. The Morgan fingerprint density at radius 2 is 2.00 bits per heavy atom. The second kappa shape index (κ2) is 5.25. The number of Topliss-reactive ketones (excluding diaryl/α,β-unsaturated/α-hetero) is 1. The summed E-state index contributed by atoms with van der Waals surface area (Å²) in [7, 11) is 0. The van der Waals surface area contributed by atoms with Crippen LogP contribution in [0.15, 0.2) is 24.3 Å². The van der Waals surface area contributed by atoms with Gasteiger partial charge in [0.25, 0.3) is 0 Å². The molecule has 1 aromatic carbocycles. The Bertz CT molecular complexity index is 387. The van der Waals surface area contributed by atoms with Gasteiger partial charge in [-0.1, -0.05) is 25.1 Å². The number of aliphatic carboxylic acids is 1. The third kappa shape index (κ3) is 2.77. The Morgan fingerprint density at radius 3 is 2.47 bits per heavy atom. The smallest absolute Gasteiger partial charge is 0.314 e. The van der Waals surface area contributed by atoms with E-state index < -0.39 is 11.9 Å². The Balaban J connectivity index is 3.03. The summed E-state index contributed by atoms with van der Waals surface area (Å²) in [5, 5.41) is 8.87. The first kappa shape index (κ1) is 12.2. The molecule has 0 aliphatic heterocycles. The van der Waals surface area contributed by atoms with Gasteiger partial charge in [0.2, 0.25) is 0 Å². The Labute approximate surface area is 102 Å². The lowest BCUT2D eigenvalue weighted by Crippen LogP contribution is -2.23. The highest BCUT2D eigenvalue weighted by Gasteiger charge is 2.26. The molecule has 15 heavy (non-hydrogen) atoms. The van der Waals surface area contributed by atoms with Crippen molar-refractivity contribution in [2.75, 3.05) is 0 Å². The molecule has 0 bridgehead atoms. The molecule has 0 saturated heterocycles. The molecular weight excluding hydrogens is 307 g/mol. The number of hydrogen-bond acceptors (Lipinski definition) is 2. The molecule has 1 rings (SSSR count). The number of rotatable bonds is 4. The van der Waals surface area contributed by atoms with Crippen LogP contribution in [0.25, 0.3) is 0 Å². The summed E-state index contributed by atoms with van der Waals surface area (Å²) < 4.78 is 0.791. The fourth-order valence-corrected chi connectivity index (χ4v) is 1.97. The Hall–Kier alpha value is -0.910. The van der Waals surface area contributed by atoms with Gasteiger partial charge in [0.05, 0.1) is 0 Å². The molecule has 0 saturated carbocycles. The van der Waals surface area contributed by atoms with Gasteiger partial charge >= 0.3 is 5.97 Å². The quantitative estimate of drug-likeness (QED) is 0.527. The molecule has 0 amide bonds. The van der Waals surface area contributed by atoms with Crippen LogP contribution in [0.3, 0.4) is 0 Å². The molecule has 0 heterocycles. The molecule has 0 aromatic heterocycles. The number of carbonyl (C=O) groups excluding carboxylic acids is 1. The Kier molecular flexibility index (Phi) is 4.26. The van der Waals surface area contributed by atoms with E-state index in [-0.39, 0.29) is 5.78 Å². The second-order valence-corrected chi connectivity index (χ2v) is 4.31. The van der Waals surface area contributed by atoms with E-state index in [1.165, 1.54) is 0 Å². The summed E-state index contributed by atoms with van der Waals surface area (Å²) in [6.45, 7) is 1.70. The van der Waals surface area contributed by atoms with Gasteiger partial charge in [-0.05, 0) is 35.1 Å². The molecule has 80 valence electrons. The van der Waals surface area contributed by atoms with Crippen molar-refractivity contribution in [2.45, 2.75) is 13.3 Å². The molecular formula is C11H11IO3. The maximum Gasteiger partial charge on any atom is 0.314 e. The summed E-state index contributed by atoms with van der Waals surface area (Å²) in [6, 6.07) is 7.02. The molecule has 0 spiro atoms. The SMILES string of the molecule is CC[C@@H](C(=O)O)C(=O)c1ccccc1I. The predicted octanol–water partition coefficient (Wildman–Crippen LogP) is 2.58. The molecule has 4 heteroatoms. The van der Waals surface area contributed by atoms with Crippen molar-refractivity contribution in [3.05, 3.63) is 33.4 Å². The summed E-state index contributed by atoms with van der Waals surface area (Å²) in [6.07, 6.45) is 0.319. The first-order valence-electron chi connectivity index (χ1n) is 4.59. The minimum absolute atomic E-state index is 0.310. The molecule has 3 nitrogen and oxygen atoms in total. The average Bonchev–Trinajstić information content (AvgIpc) is 2.18. The average molecular weight is 318 g/mol. The van der Waals surface area contributed by atoms with Crippen molar-refractivity contribution in [2.24, 2.45) is 5.92 Å². The van der Waals surface area contributed by atoms with Crippen LogP contribution in [-0.4, -0.2) is 16.9 Å². The zero-order valence-corrected chi connectivity index (χ0v) is 10.4. The largest absolute Gasteiger partial charge is 0.481 e. The summed E-state index contributed by atoms with van der Waals surface area (Å²) >= 11 is 2.03. The van der Waals surface area contributed by atoms with Crippen molar-refractivity contribution in [1.29, 1.82) is 0 Å². The lowest BCUT2D eigenvalue weighted by atomic mass is 9.95. The number of ketones is 1. The van der Waals surface area contributed by atoms with E-state index in [1.807, 2.05) is 28.7 Å². The zero-order chi connectivity index (χ0) is 11.4. The van der Waals surface area contributed by atoms with E-state index in [4.69, 9.17) is 5.11 Å². The predicted molar refractivity (Wildman–Crippen MR) is 64.9 cm³/mol. The van der Waals surface area contributed by atoms with Crippen LogP contribution < -0.4 is 0 Å². The van der Waals surface area contributed by atoms with Gasteiger partial charge in [-0.25, -0.2) is 0 Å². The van der Waals surface area contributed by atoms with Gasteiger partial charge in [-0.3, -0.25) is 9.59 Å². The molecule has 0 radical (unpaired) electrons. The molecule has 0 unspecified atom stereocenters. The van der Waals surface area contributed by atoms with Crippen molar-refractivity contribution in [1.82, 2.24) is 0 Å². The minimum Gasteiger partial charge on any atom is -0.481 e. The van der Waals surface area contributed by atoms with Crippen molar-refractivity contribution >= 4 is 34.3 Å². The van der Waals surface area contributed by atoms with Crippen molar-refractivity contribution in [3.63, 3.8) is 0 Å². The van der Waals surface area contributed by atoms with Crippen LogP contribution in [0.2, 0.25) is 0 Å². The molecule has 0 fully saturated rings. The van der Waals surface area contributed by atoms with E-state index in [2.05, 4.69) is 0 Å². The van der Waals surface area contributed by atoms with E-state index >= 15 is 0 Å². The van der Waals surface area contributed by atoms with E-state index in [0.29, 0.717) is 12.0 Å². The highest BCUT2D eigenvalue weighted by atomic mass is 127. The molecule has 0 aliphatic carbocycles. The topological polar surface area (TPSA) is 54.4 Å². The summed E-state index contributed by atoms with van der Waals surface area (Å²) in [5.74, 6) is -2.29. The lowest BCUT2D eigenvalue weighted by molar-refractivity contribution is -0.140. The molecule has 0 aliphatic rings. The number of carboxylic acid groups (broad SMARTS) is 1. The van der Waals surface area contributed by atoms with Gasteiger partial charge in [0, 0.05) is 9.13 Å². The maximum absolute atomic E-state index is 11.9. The van der Waals surface area contributed by atoms with Crippen LogP contribution in [0.5, 0.6) is 0 Å². The summed E-state index contributed by atoms with van der Waals surface area (Å²) in [5.41, 5.74) is 0.493. The van der Waals surface area contributed by atoms with Crippen molar-refractivity contribution < 1.29 is 14.7 Å². The van der Waals surface area contributed by atoms with Crippen LogP contribution in [-0.2, 0) is 4.79 Å². The Morgan fingerprint density at radius 1 is 1.40 bits per heavy atom. The highest BCUT2D eigenvalue weighted by molar-refractivity contribution is 14.1. The van der Waals surface area contributed by atoms with Gasteiger partial charge in [-0.2, -0.15) is 0 Å². The standard InChI is InChI=1S/C11H11IO3/c1-2-7(11(14)15)10(13)8-5-3-4-6-9(8)12/h3-7H,2H2,1H3,(H,14,15)/t7-/m1/s1. The first-order chi connectivity index (χ1) is 7.07. The number of carbonyl (C=O) groups is 2. The summed E-state index contributed by atoms with van der Waals surface area (Å²) in [4.78, 5) is 22.7. The zero-order valence-electron chi connectivity index (χ0n) is 8.24. The van der Waals surface area contributed by atoms with Crippen LogP contribution in [0.1, 0.15) is 23.7 Å². The van der Waals surface area contributed by atoms with Gasteiger partial charge in [0.1, 0.15) is 5.92 Å². The third-order valence-corrected chi connectivity index (χ3v) is 3.10. The number of hydrogen-bond donors (Lipinski definition) is 1. The number of benzene rings is 1. The molecule has 1 atom stereocenters. The van der Waals surface area contributed by atoms with Crippen LogP contribution in [0, 0.1) is 9.49 Å². The third-order valence-electron chi connectivity index (χ3n) is 2.16. The van der Waals surface area contributed by atoms with Crippen molar-refractivity contribution in [3.8, 4) is 0 Å². The maximum atomic E-state index is 11.9. The molecule has 1 N–H and O–H groups in total. The van der Waals surface area contributed by atoms with E-state index in [9.17, 15) is 9.59 Å². The fraction of sp³-hybridized carbons (Fsp3) is 0.273. The monoisotopic (exact) mass is 318 g/mol. The normalized spacial score (nSPS) is 12.1. The second-order valence-electron chi connectivity index (χ2n) is 3.14. The van der Waals surface area contributed by atoms with Crippen LogP contribution >= 0.6 is 22.6 Å².